The van der Waals surface area contributed by atoms with Crippen molar-refractivity contribution in [1.82, 2.24) is 58.7 Å². The lowest BCUT2D eigenvalue weighted by atomic mass is 10.2. The van der Waals surface area contributed by atoms with Gasteiger partial charge in [0, 0.05) is 45.3 Å². The predicted octanol–water partition coefficient (Wildman–Crippen LogP) is 9.53. The monoisotopic (exact) mass is 882 g/mol. The van der Waals surface area contributed by atoms with E-state index >= 15 is 0 Å². The number of nitrogens with two attached hydrogens (primary N) is 1. The molecule has 0 unspecified atom stereocenters. The van der Waals surface area contributed by atoms with Crippen molar-refractivity contribution in [2.75, 3.05) is 24.7 Å². The van der Waals surface area contributed by atoms with Crippen molar-refractivity contribution < 1.29 is 13.3 Å². The van der Waals surface area contributed by atoms with Crippen molar-refractivity contribution in [2.45, 2.75) is 6.92 Å². The van der Waals surface area contributed by atoms with E-state index in [0.717, 1.165) is 38.5 Å². The van der Waals surface area contributed by atoms with Crippen LogP contribution < -0.4 is 10.6 Å². The molecular formula is C42H29Cl3N14O3. The molecular weight excluding hydrogens is 855 g/mol. The smallest absolute Gasteiger partial charge is 0.228 e. The fraction of sp³-hybridized carbons (Fsp3) is 0.0714. The molecule has 62 heavy (non-hydrogen) atoms. The number of aromatic nitrogens is 12. The van der Waals surface area contributed by atoms with Crippen molar-refractivity contribution in [2.24, 2.45) is 0 Å². The highest BCUT2D eigenvalue weighted by Crippen LogP contribution is 2.29. The van der Waals surface area contributed by atoms with Crippen LogP contribution in [0.1, 0.15) is 5.76 Å². The molecule has 0 amide bonds. The van der Waals surface area contributed by atoms with Gasteiger partial charge in [-0.2, -0.15) is 9.03 Å². The third-order valence-electron chi connectivity index (χ3n) is 9.46. The summed E-state index contributed by atoms with van der Waals surface area (Å²) in [7, 11) is 3.83. The zero-order valence-electron chi connectivity index (χ0n) is 32.6. The van der Waals surface area contributed by atoms with Crippen molar-refractivity contribution >= 4 is 96.3 Å². The first-order valence-electron chi connectivity index (χ1n) is 18.7. The van der Waals surface area contributed by atoms with E-state index in [-0.39, 0.29) is 5.95 Å². The number of furan rings is 3. The highest BCUT2D eigenvalue weighted by Gasteiger charge is 2.18. The first-order valence-corrected chi connectivity index (χ1v) is 19.8. The van der Waals surface area contributed by atoms with Gasteiger partial charge in [-0.05, 0) is 97.9 Å². The van der Waals surface area contributed by atoms with Crippen LogP contribution in [0.2, 0.25) is 15.1 Å². The zero-order chi connectivity index (χ0) is 42.6. The van der Waals surface area contributed by atoms with E-state index in [9.17, 15) is 0 Å². The fourth-order valence-electron chi connectivity index (χ4n) is 6.64. The maximum absolute atomic E-state index is 6.11. The molecule has 0 aliphatic heterocycles. The number of nitrogens with zero attached hydrogens (tertiary/aromatic N) is 13. The summed E-state index contributed by atoms with van der Waals surface area (Å²) in [6.07, 6.45) is 4.82. The molecule has 0 saturated heterocycles. The lowest BCUT2D eigenvalue weighted by Crippen LogP contribution is -2.16. The van der Waals surface area contributed by atoms with Crippen molar-refractivity contribution in [3.63, 3.8) is 0 Å². The summed E-state index contributed by atoms with van der Waals surface area (Å²) in [6, 6.07) is 27.3. The van der Waals surface area contributed by atoms with E-state index in [4.69, 9.17) is 53.8 Å². The molecule has 0 radical (unpaired) electrons. The molecule has 0 aliphatic carbocycles. The Bertz CT molecular complexity index is 3600. The Hall–Kier alpha value is -7.60. The predicted molar refractivity (Wildman–Crippen MR) is 236 cm³/mol. The fourth-order valence-corrected chi connectivity index (χ4v) is 7.16. The third kappa shape index (κ3) is 7.12. The van der Waals surface area contributed by atoms with Crippen LogP contribution >= 0.6 is 34.8 Å². The summed E-state index contributed by atoms with van der Waals surface area (Å²) in [5, 5.41) is 17.6. The first-order chi connectivity index (χ1) is 30.1. The SMILES string of the molecule is CN(C)c1nc2ccc(Cl)cc2c2nc(-c3ccco3)nn12.Cc1ccc(-c2nc3c4cc(Cl)ccc4nc(N)n3n2)o1.Clc1ccc2ncn3nc(-c4ccco4)nc3c2c1. The zero-order valence-corrected chi connectivity index (χ0v) is 34.9. The average molecular weight is 884 g/mol. The van der Waals surface area contributed by atoms with Gasteiger partial charge in [0.25, 0.3) is 0 Å². The molecule has 0 fully saturated rings. The molecule has 12 aromatic rings. The molecule has 0 saturated carbocycles. The Morgan fingerprint density at radius 1 is 0.565 bits per heavy atom. The molecule has 17 nitrogen and oxygen atoms in total. The number of hydrogen-bond acceptors (Lipinski definition) is 14. The van der Waals surface area contributed by atoms with Crippen LogP contribution in [0, 0.1) is 6.92 Å². The summed E-state index contributed by atoms with van der Waals surface area (Å²) >= 11 is 18.2. The van der Waals surface area contributed by atoms with Gasteiger partial charge in [-0.1, -0.05) is 34.8 Å². The van der Waals surface area contributed by atoms with Crippen LogP contribution in [0.4, 0.5) is 11.9 Å². The van der Waals surface area contributed by atoms with Crippen LogP contribution in [-0.2, 0) is 0 Å². The van der Waals surface area contributed by atoms with Gasteiger partial charge in [-0.25, -0.2) is 34.4 Å². The van der Waals surface area contributed by atoms with Gasteiger partial charge in [0.15, 0.2) is 34.2 Å². The number of anilines is 2. The Kier molecular flexibility index (Phi) is 9.62. The minimum atomic E-state index is 0.266. The van der Waals surface area contributed by atoms with E-state index in [2.05, 4.69) is 45.2 Å². The highest BCUT2D eigenvalue weighted by molar-refractivity contribution is 6.32. The lowest BCUT2D eigenvalue weighted by molar-refractivity contribution is 0.544. The minimum absolute atomic E-state index is 0.266. The Morgan fingerprint density at radius 2 is 1.10 bits per heavy atom. The average Bonchev–Trinajstić information content (AvgIpc) is 4.12. The molecule has 9 heterocycles. The molecule has 9 aromatic heterocycles. The molecule has 2 N–H and O–H groups in total. The maximum Gasteiger partial charge on any atom is 0.228 e. The lowest BCUT2D eigenvalue weighted by Gasteiger charge is -2.13. The normalized spacial score (nSPS) is 11.5. The van der Waals surface area contributed by atoms with E-state index in [0.29, 0.717) is 72.7 Å². The van der Waals surface area contributed by atoms with Crippen molar-refractivity contribution in [3.05, 3.63) is 131 Å². The Labute approximate surface area is 363 Å². The van der Waals surface area contributed by atoms with E-state index in [1.165, 1.54) is 4.52 Å². The first kappa shape index (κ1) is 38.6. The van der Waals surface area contributed by atoms with E-state index < -0.39 is 0 Å². The van der Waals surface area contributed by atoms with E-state index in [1.807, 2.05) is 80.5 Å². The van der Waals surface area contributed by atoms with Gasteiger partial charge in [0.1, 0.15) is 12.1 Å². The van der Waals surface area contributed by atoms with Gasteiger partial charge >= 0.3 is 0 Å². The second-order valence-corrected chi connectivity index (χ2v) is 15.2. The van der Waals surface area contributed by atoms with Crippen LogP contribution in [0.5, 0.6) is 0 Å². The number of nitrogen functional groups attached to an aromatic ring is 1. The molecule has 20 heteroatoms. The highest BCUT2D eigenvalue weighted by atomic mass is 35.5. The summed E-state index contributed by atoms with van der Waals surface area (Å²) < 4.78 is 21.1. The minimum Gasteiger partial charge on any atom is -0.461 e. The van der Waals surface area contributed by atoms with Crippen LogP contribution in [0.15, 0.2) is 123 Å². The van der Waals surface area contributed by atoms with Crippen LogP contribution in [-0.4, -0.2) is 72.8 Å². The van der Waals surface area contributed by atoms with Gasteiger partial charge in [-0.3, -0.25) is 0 Å². The molecule has 3 aromatic carbocycles. The quantitative estimate of drug-likeness (QED) is 0.175. The number of rotatable bonds is 4. The van der Waals surface area contributed by atoms with Crippen molar-refractivity contribution in [3.8, 4) is 34.8 Å². The topological polar surface area (TPSA) is 198 Å². The largest absolute Gasteiger partial charge is 0.461 e. The van der Waals surface area contributed by atoms with Crippen LogP contribution in [0.25, 0.3) is 84.4 Å². The number of hydrogen-bond donors (Lipinski definition) is 1. The van der Waals surface area contributed by atoms with Gasteiger partial charge < -0.3 is 23.9 Å². The molecule has 0 atom stereocenters. The molecule has 0 spiro atoms. The number of aryl methyl sites for hydroxylation is 1. The molecule has 306 valence electrons. The number of halogens is 3. The molecule has 12 rings (SSSR count). The standard InChI is InChI=1S/C15H12ClN5O.C14H10ClN5O.C13H7ClN4O/c1-20(2)15-17-11-6-5-9(16)8-10(11)14-18-13(19-21(14)15)12-4-3-7-22-12;1-7-2-5-11(21-7)12-18-13-9-6-8(15)3-4-10(9)17-14(16)20(13)19-12;14-8-3-4-10-9(6-8)13-16-12(11-2-1-5-19-11)17-18(13)7-15-10/h3-8H,1-2H3;2-6H,1H3,(H2,16,17);1-7H. The Morgan fingerprint density at radius 3 is 1.68 bits per heavy atom. The molecule has 0 bridgehead atoms. The molecule has 0 aliphatic rings. The van der Waals surface area contributed by atoms with E-state index in [1.54, 1.807) is 64.3 Å². The van der Waals surface area contributed by atoms with Gasteiger partial charge in [0.2, 0.25) is 29.4 Å². The number of benzene rings is 3. The number of fused-ring (bicyclic) bond motifs is 9. The summed E-state index contributed by atoms with van der Waals surface area (Å²) in [5.74, 6) is 5.08. The summed E-state index contributed by atoms with van der Waals surface area (Å²) in [4.78, 5) is 28.7. The second-order valence-electron chi connectivity index (χ2n) is 13.9. The summed E-state index contributed by atoms with van der Waals surface area (Å²) in [6.45, 7) is 1.87. The third-order valence-corrected chi connectivity index (χ3v) is 10.2. The second kappa shape index (κ2) is 15.5. The Balaban J connectivity index is 0.000000111. The van der Waals surface area contributed by atoms with Crippen LogP contribution in [0.3, 0.4) is 0 Å². The van der Waals surface area contributed by atoms with Gasteiger partial charge in [-0.15, -0.1) is 15.3 Å². The maximum atomic E-state index is 6.11. The van der Waals surface area contributed by atoms with Gasteiger partial charge in [0.05, 0.1) is 29.1 Å². The van der Waals surface area contributed by atoms with Crippen molar-refractivity contribution in [1.29, 1.82) is 0 Å². The summed E-state index contributed by atoms with van der Waals surface area (Å²) in [5.41, 5.74) is 10.3.